The Bertz CT molecular complexity index is 1480. The van der Waals surface area contributed by atoms with E-state index < -0.39 is 0 Å². The number of fused-ring (bicyclic) bond motifs is 1. The molecule has 2 atom stereocenters. The summed E-state index contributed by atoms with van der Waals surface area (Å²) < 4.78 is 23.6. The van der Waals surface area contributed by atoms with Crippen LogP contribution < -0.4 is 18.9 Å². The maximum absolute atomic E-state index is 14.0. The van der Waals surface area contributed by atoms with Crippen molar-refractivity contribution < 1.29 is 23.7 Å². The van der Waals surface area contributed by atoms with Gasteiger partial charge in [-0.25, -0.2) is 5.01 Å². The topological polar surface area (TPSA) is 87.4 Å². The molecule has 2 aromatic carbocycles. The molecule has 2 aliphatic rings. The Labute approximate surface area is 238 Å². The number of carbonyl (C=O) groups is 1. The van der Waals surface area contributed by atoms with Gasteiger partial charge < -0.3 is 18.9 Å². The molecule has 1 saturated carbocycles. The van der Waals surface area contributed by atoms with E-state index in [0.717, 1.165) is 41.7 Å². The van der Waals surface area contributed by atoms with Gasteiger partial charge in [-0.15, -0.1) is 0 Å². The number of hydrogen-bond donors (Lipinski definition) is 0. The largest absolute Gasteiger partial charge is 0.493 e. The second-order valence-electron chi connectivity index (χ2n) is 9.66. The van der Waals surface area contributed by atoms with Crippen LogP contribution in [0.4, 0.5) is 0 Å². The van der Waals surface area contributed by atoms with Crippen molar-refractivity contribution in [2.75, 3.05) is 28.4 Å². The number of nitrogens with zero attached hydrogens (tertiary/aromatic N) is 4. The van der Waals surface area contributed by atoms with Gasteiger partial charge in [0.15, 0.2) is 28.7 Å². The third-order valence-corrected chi connectivity index (χ3v) is 7.73. The summed E-state index contributed by atoms with van der Waals surface area (Å²) in [6.45, 7) is 2.54. The van der Waals surface area contributed by atoms with Crippen molar-refractivity contribution in [3.05, 3.63) is 70.0 Å². The van der Waals surface area contributed by atoms with Crippen LogP contribution in [0.3, 0.4) is 0 Å². The number of aromatic nitrogens is 2. The SMILES string of the molecule is CCn1cc(Cl)c(C(=O)N2N=C3/C(=C/c4ccc(OC)c(OC)c4)CCC[C@@H]3[C@H]2c2ccc(OC)c(OC)c2)n1. The average Bonchev–Trinajstić information content (AvgIpc) is 3.57. The number of aryl methyl sites for hydroxylation is 1. The van der Waals surface area contributed by atoms with Gasteiger partial charge in [0, 0.05) is 18.7 Å². The molecule has 2 heterocycles. The van der Waals surface area contributed by atoms with Crippen molar-refractivity contribution in [2.24, 2.45) is 11.0 Å². The Morgan fingerprint density at radius 3 is 2.33 bits per heavy atom. The van der Waals surface area contributed by atoms with Crippen molar-refractivity contribution in [1.29, 1.82) is 0 Å². The van der Waals surface area contributed by atoms with Crippen LogP contribution in [0.25, 0.3) is 6.08 Å². The predicted octanol–water partition coefficient (Wildman–Crippen LogP) is 6.03. The smallest absolute Gasteiger partial charge is 0.296 e. The normalized spacial score (nSPS) is 19.3. The fourth-order valence-electron chi connectivity index (χ4n) is 5.49. The molecule has 0 radical (unpaired) electrons. The molecule has 3 aromatic rings. The van der Waals surface area contributed by atoms with E-state index in [1.54, 1.807) is 44.3 Å². The van der Waals surface area contributed by atoms with Gasteiger partial charge in [0.05, 0.1) is 45.2 Å². The highest BCUT2D eigenvalue weighted by atomic mass is 35.5. The molecule has 1 aliphatic carbocycles. The highest BCUT2D eigenvalue weighted by Crippen LogP contribution is 2.46. The Balaban J connectivity index is 1.60. The number of benzene rings is 2. The molecule has 0 saturated heterocycles. The summed E-state index contributed by atoms with van der Waals surface area (Å²) in [5, 5.41) is 11.3. The molecule has 1 fully saturated rings. The molecule has 210 valence electrons. The van der Waals surface area contributed by atoms with Crippen molar-refractivity contribution in [3.8, 4) is 23.0 Å². The molecule has 0 N–H and O–H groups in total. The van der Waals surface area contributed by atoms with Gasteiger partial charge in [0.2, 0.25) is 0 Å². The van der Waals surface area contributed by atoms with Gasteiger partial charge in [-0.2, -0.15) is 10.2 Å². The van der Waals surface area contributed by atoms with E-state index in [0.29, 0.717) is 34.6 Å². The van der Waals surface area contributed by atoms with Gasteiger partial charge in [0.25, 0.3) is 5.91 Å². The number of ether oxygens (including phenoxy) is 4. The van der Waals surface area contributed by atoms with E-state index in [4.69, 9.17) is 35.6 Å². The van der Waals surface area contributed by atoms with E-state index in [1.165, 1.54) is 0 Å². The second-order valence-corrected chi connectivity index (χ2v) is 10.1. The quantitative estimate of drug-likeness (QED) is 0.332. The van der Waals surface area contributed by atoms with Crippen molar-refractivity contribution in [3.63, 3.8) is 0 Å². The zero-order chi connectivity index (χ0) is 28.4. The summed E-state index contributed by atoms with van der Waals surface area (Å²) >= 11 is 6.47. The van der Waals surface area contributed by atoms with Crippen molar-refractivity contribution in [2.45, 2.75) is 38.8 Å². The number of halogens is 1. The maximum Gasteiger partial charge on any atom is 0.296 e. The number of amides is 1. The van der Waals surface area contributed by atoms with E-state index in [-0.39, 0.29) is 23.6 Å². The Morgan fingerprint density at radius 2 is 1.68 bits per heavy atom. The second kappa shape index (κ2) is 11.6. The summed E-state index contributed by atoms with van der Waals surface area (Å²) in [7, 11) is 6.44. The summed E-state index contributed by atoms with van der Waals surface area (Å²) in [5.74, 6) is 2.16. The zero-order valence-corrected chi connectivity index (χ0v) is 24.1. The highest BCUT2D eigenvalue weighted by molar-refractivity contribution is 6.33. The number of carbonyl (C=O) groups excluding carboxylic acids is 1. The van der Waals surface area contributed by atoms with Crippen LogP contribution in [-0.2, 0) is 6.54 Å². The predicted molar refractivity (Wildman–Crippen MR) is 154 cm³/mol. The van der Waals surface area contributed by atoms with Crippen LogP contribution in [-0.4, -0.2) is 54.8 Å². The van der Waals surface area contributed by atoms with Crippen LogP contribution in [0.1, 0.15) is 53.8 Å². The molecular formula is C30H33ClN4O5. The van der Waals surface area contributed by atoms with Gasteiger partial charge in [-0.05, 0) is 73.2 Å². The van der Waals surface area contributed by atoms with Crippen molar-refractivity contribution in [1.82, 2.24) is 14.8 Å². The van der Waals surface area contributed by atoms with E-state index >= 15 is 0 Å². The summed E-state index contributed by atoms with van der Waals surface area (Å²) in [6, 6.07) is 11.2. The Morgan fingerprint density at radius 1 is 1.00 bits per heavy atom. The Hall–Kier alpha value is -3.98. The average molecular weight is 565 g/mol. The maximum atomic E-state index is 14.0. The van der Waals surface area contributed by atoms with Crippen LogP contribution in [0.5, 0.6) is 23.0 Å². The summed E-state index contributed by atoms with van der Waals surface area (Å²) in [6.07, 6.45) is 6.46. The highest BCUT2D eigenvalue weighted by Gasteiger charge is 2.45. The molecule has 1 aromatic heterocycles. The minimum Gasteiger partial charge on any atom is -0.493 e. The number of allylic oxidation sites excluding steroid dienone is 1. The molecule has 5 rings (SSSR count). The molecule has 1 aliphatic heterocycles. The van der Waals surface area contributed by atoms with E-state index in [1.807, 2.05) is 43.3 Å². The molecule has 0 unspecified atom stereocenters. The number of hydrazone groups is 1. The van der Waals surface area contributed by atoms with Crippen LogP contribution >= 0.6 is 11.6 Å². The first-order valence-electron chi connectivity index (χ1n) is 13.2. The summed E-state index contributed by atoms with van der Waals surface area (Å²) in [5.41, 5.74) is 4.01. The van der Waals surface area contributed by atoms with Crippen LogP contribution in [0.2, 0.25) is 5.02 Å². The lowest BCUT2D eigenvalue weighted by Gasteiger charge is -2.29. The lowest BCUT2D eigenvalue weighted by molar-refractivity contribution is 0.0673. The van der Waals surface area contributed by atoms with Crippen LogP contribution in [0, 0.1) is 5.92 Å². The number of methoxy groups -OCH3 is 4. The standard InChI is InChI=1S/C30H33ClN4O5/c1-6-34-17-22(31)28(32-34)30(36)35-29(20-11-13-24(38-3)26(16-20)40-5)21-9-7-8-19(27(21)33-35)14-18-10-12-23(37-2)25(15-18)39-4/h10-17,21,29H,6-9H2,1-5H3/b19-14+/t21-,29+/m0/s1. The molecule has 10 heteroatoms. The lowest BCUT2D eigenvalue weighted by Crippen LogP contribution is -2.32. The molecule has 40 heavy (non-hydrogen) atoms. The third-order valence-electron chi connectivity index (χ3n) is 7.45. The zero-order valence-electron chi connectivity index (χ0n) is 23.3. The van der Waals surface area contributed by atoms with Gasteiger partial charge in [-0.3, -0.25) is 9.48 Å². The number of rotatable bonds is 8. The number of hydrogen-bond acceptors (Lipinski definition) is 7. The fourth-order valence-corrected chi connectivity index (χ4v) is 5.73. The van der Waals surface area contributed by atoms with Gasteiger partial charge in [-0.1, -0.05) is 23.7 Å². The first kappa shape index (κ1) is 27.6. The summed E-state index contributed by atoms with van der Waals surface area (Å²) in [4.78, 5) is 14.0. The fraction of sp³-hybridized carbons (Fsp3) is 0.367. The molecular weight excluding hydrogens is 532 g/mol. The molecule has 1 amide bonds. The van der Waals surface area contributed by atoms with E-state index in [9.17, 15) is 4.79 Å². The lowest BCUT2D eigenvalue weighted by atomic mass is 9.77. The first-order chi connectivity index (χ1) is 19.4. The monoisotopic (exact) mass is 564 g/mol. The minimum atomic E-state index is -0.362. The Kier molecular flexibility index (Phi) is 8.02. The van der Waals surface area contributed by atoms with E-state index in [2.05, 4.69) is 11.2 Å². The molecule has 9 nitrogen and oxygen atoms in total. The van der Waals surface area contributed by atoms with Gasteiger partial charge in [0.1, 0.15) is 0 Å². The van der Waals surface area contributed by atoms with Crippen LogP contribution in [0.15, 0.2) is 53.3 Å². The first-order valence-corrected chi connectivity index (χ1v) is 13.6. The van der Waals surface area contributed by atoms with Gasteiger partial charge >= 0.3 is 0 Å². The molecule has 0 bridgehead atoms. The van der Waals surface area contributed by atoms with Crippen molar-refractivity contribution >= 4 is 29.3 Å². The molecule has 0 spiro atoms. The third kappa shape index (κ3) is 5.01. The minimum absolute atomic E-state index is 0.0192.